The van der Waals surface area contributed by atoms with Gasteiger partial charge < -0.3 is 9.84 Å². The van der Waals surface area contributed by atoms with Gasteiger partial charge in [0.2, 0.25) is 0 Å². The zero-order chi connectivity index (χ0) is 15.9. The van der Waals surface area contributed by atoms with Crippen LogP contribution >= 0.6 is 0 Å². The predicted molar refractivity (Wildman–Crippen MR) is 82.5 cm³/mol. The molecule has 2 aromatic carbocycles. The van der Waals surface area contributed by atoms with Gasteiger partial charge in [0.15, 0.2) is 5.92 Å². The summed E-state index contributed by atoms with van der Waals surface area (Å²) < 4.78 is 4.97. The average Bonchev–Trinajstić information content (AvgIpc) is 2.54. The molecule has 2 aromatic rings. The lowest BCUT2D eigenvalue weighted by Crippen LogP contribution is -2.32. The van der Waals surface area contributed by atoms with Crippen molar-refractivity contribution >= 4 is 11.9 Å². The molecule has 0 amide bonds. The summed E-state index contributed by atoms with van der Waals surface area (Å²) in [5, 5.41) is 9.56. The summed E-state index contributed by atoms with van der Waals surface area (Å²) in [4.78, 5) is 23.9. The van der Waals surface area contributed by atoms with Gasteiger partial charge in [0, 0.05) is 5.92 Å². The Balaban J connectivity index is 2.51. The molecule has 0 bridgehead atoms. The minimum Gasteiger partial charge on any atom is -0.481 e. The maximum absolute atomic E-state index is 12.2. The minimum atomic E-state index is -1.27. The van der Waals surface area contributed by atoms with Crippen LogP contribution in [0.5, 0.6) is 0 Å². The van der Waals surface area contributed by atoms with Crippen molar-refractivity contribution in [3.63, 3.8) is 0 Å². The lowest BCUT2D eigenvalue weighted by molar-refractivity contribution is -0.159. The molecule has 4 nitrogen and oxygen atoms in total. The average molecular weight is 298 g/mol. The Kier molecular flexibility index (Phi) is 5.31. The van der Waals surface area contributed by atoms with Gasteiger partial charge in [-0.15, -0.1) is 0 Å². The van der Waals surface area contributed by atoms with Gasteiger partial charge in [-0.25, -0.2) is 0 Å². The third kappa shape index (κ3) is 3.52. The van der Waals surface area contributed by atoms with E-state index in [2.05, 4.69) is 0 Å². The molecular formula is C18H18O4. The minimum absolute atomic E-state index is 0.152. The number of esters is 1. The van der Waals surface area contributed by atoms with Crippen LogP contribution in [0.25, 0.3) is 0 Å². The molecule has 0 aliphatic heterocycles. The van der Waals surface area contributed by atoms with E-state index in [0.717, 1.165) is 11.1 Å². The van der Waals surface area contributed by atoms with Crippen molar-refractivity contribution in [2.75, 3.05) is 6.61 Å². The number of benzene rings is 2. The first-order valence-corrected chi connectivity index (χ1v) is 7.14. The van der Waals surface area contributed by atoms with Gasteiger partial charge >= 0.3 is 11.9 Å². The van der Waals surface area contributed by atoms with Gasteiger partial charge in [0.25, 0.3) is 0 Å². The summed E-state index contributed by atoms with van der Waals surface area (Å²) in [6.45, 7) is 1.82. The van der Waals surface area contributed by atoms with Crippen LogP contribution in [-0.2, 0) is 14.3 Å². The van der Waals surface area contributed by atoms with Crippen LogP contribution in [0.1, 0.15) is 24.0 Å². The second-order valence-electron chi connectivity index (χ2n) is 4.87. The first-order chi connectivity index (χ1) is 10.6. The van der Waals surface area contributed by atoms with Crippen LogP contribution in [0, 0.1) is 5.92 Å². The molecular weight excluding hydrogens is 280 g/mol. The molecule has 0 aliphatic rings. The van der Waals surface area contributed by atoms with E-state index in [1.165, 1.54) is 0 Å². The van der Waals surface area contributed by atoms with E-state index >= 15 is 0 Å². The topological polar surface area (TPSA) is 63.6 Å². The number of hydrogen-bond donors (Lipinski definition) is 1. The van der Waals surface area contributed by atoms with Crippen LogP contribution < -0.4 is 0 Å². The molecule has 0 fully saturated rings. The molecule has 0 unspecified atom stereocenters. The molecule has 114 valence electrons. The van der Waals surface area contributed by atoms with Crippen molar-refractivity contribution in [1.29, 1.82) is 0 Å². The first kappa shape index (κ1) is 15.8. The van der Waals surface area contributed by atoms with Crippen molar-refractivity contribution in [3.05, 3.63) is 71.8 Å². The Bertz CT molecular complexity index is 583. The zero-order valence-corrected chi connectivity index (χ0v) is 12.3. The number of carboxylic acids is 1. The predicted octanol–water partition coefficient (Wildman–Crippen LogP) is 3.08. The van der Waals surface area contributed by atoms with E-state index in [1.54, 1.807) is 6.92 Å². The molecule has 2 rings (SSSR count). The Morgan fingerprint density at radius 3 is 1.77 bits per heavy atom. The summed E-state index contributed by atoms with van der Waals surface area (Å²) in [5.41, 5.74) is 1.54. The molecule has 4 heteroatoms. The van der Waals surface area contributed by atoms with Gasteiger partial charge in [-0.2, -0.15) is 0 Å². The van der Waals surface area contributed by atoms with Crippen molar-refractivity contribution in [1.82, 2.24) is 0 Å². The summed E-state index contributed by atoms with van der Waals surface area (Å²) in [7, 11) is 0. The molecule has 0 aliphatic carbocycles. The van der Waals surface area contributed by atoms with Crippen LogP contribution in [0.3, 0.4) is 0 Å². The molecule has 0 saturated heterocycles. The number of carbonyl (C=O) groups excluding carboxylic acids is 1. The highest BCUT2D eigenvalue weighted by molar-refractivity contribution is 5.95. The third-order valence-electron chi connectivity index (χ3n) is 3.46. The van der Waals surface area contributed by atoms with Crippen molar-refractivity contribution in [2.24, 2.45) is 5.92 Å². The van der Waals surface area contributed by atoms with E-state index in [1.807, 2.05) is 60.7 Å². The standard InChI is InChI=1S/C18H18O4/c1-2-22-18(21)16(17(19)20)15(13-9-5-3-6-10-13)14-11-7-4-8-12-14/h3-12,15-16H,2H2,1H3,(H,19,20)/t16-/m0/s1. The third-order valence-corrected chi connectivity index (χ3v) is 3.46. The lowest BCUT2D eigenvalue weighted by Gasteiger charge is -2.23. The normalized spacial score (nSPS) is 11.9. The Hall–Kier alpha value is -2.62. The number of carbonyl (C=O) groups is 2. The number of carboxylic acid groups (broad SMARTS) is 1. The Morgan fingerprint density at radius 1 is 0.955 bits per heavy atom. The fraction of sp³-hybridized carbons (Fsp3) is 0.222. The largest absolute Gasteiger partial charge is 0.481 e. The van der Waals surface area contributed by atoms with Crippen LogP contribution in [-0.4, -0.2) is 23.7 Å². The molecule has 22 heavy (non-hydrogen) atoms. The zero-order valence-electron chi connectivity index (χ0n) is 12.3. The fourth-order valence-corrected chi connectivity index (χ4v) is 2.51. The summed E-state index contributed by atoms with van der Waals surface area (Å²) >= 11 is 0. The quantitative estimate of drug-likeness (QED) is 0.657. The Labute approximate surface area is 129 Å². The van der Waals surface area contributed by atoms with E-state index in [0.29, 0.717) is 0 Å². The fourth-order valence-electron chi connectivity index (χ4n) is 2.51. The number of rotatable bonds is 6. The highest BCUT2D eigenvalue weighted by Gasteiger charge is 2.38. The SMILES string of the molecule is CCOC(=O)[C@H](C(=O)O)C(c1ccccc1)c1ccccc1. The molecule has 0 spiro atoms. The highest BCUT2D eigenvalue weighted by Crippen LogP contribution is 2.33. The molecule has 0 saturated carbocycles. The number of aliphatic carboxylic acids is 1. The number of ether oxygens (including phenoxy) is 1. The lowest BCUT2D eigenvalue weighted by atomic mass is 9.80. The smallest absolute Gasteiger partial charge is 0.321 e. The second kappa shape index (κ2) is 7.41. The molecule has 1 atom stereocenters. The highest BCUT2D eigenvalue weighted by atomic mass is 16.5. The van der Waals surface area contributed by atoms with E-state index in [-0.39, 0.29) is 6.61 Å². The van der Waals surface area contributed by atoms with Gasteiger partial charge in [-0.05, 0) is 18.1 Å². The maximum atomic E-state index is 12.2. The monoisotopic (exact) mass is 298 g/mol. The van der Waals surface area contributed by atoms with Gasteiger partial charge in [-0.3, -0.25) is 9.59 Å². The van der Waals surface area contributed by atoms with Crippen LogP contribution in [0.15, 0.2) is 60.7 Å². The second-order valence-corrected chi connectivity index (χ2v) is 4.87. The van der Waals surface area contributed by atoms with Crippen molar-refractivity contribution in [3.8, 4) is 0 Å². The Morgan fingerprint density at radius 2 is 1.41 bits per heavy atom. The van der Waals surface area contributed by atoms with E-state index < -0.39 is 23.8 Å². The summed E-state index contributed by atoms with van der Waals surface area (Å²) in [5.74, 6) is -3.76. The van der Waals surface area contributed by atoms with E-state index in [9.17, 15) is 14.7 Å². The first-order valence-electron chi connectivity index (χ1n) is 7.14. The van der Waals surface area contributed by atoms with Crippen molar-refractivity contribution < 1.29 is 19.4 Å². The van der Waals surface area contributed by atoms with Gasteiger partial charge in [0.05, 0.1) is 6.61 Å². The summed E-state index contributed by atoms with van der Waals surface area (Å²) in [6.07, 6.45) is 0. The van der Waals surface area contributed by atoms with E-state index in [4.69, 9.17) is 4.74 Å². The molecule has 0 heterocycles. The van der Waals surface area contributed by atoms with Gasteiger partial charge in [-0.1, -0.05) is 60.7 Å². The molecule has 0 radical (unpaired) electrons. The van der Waals surface area contributed by atoms with Crippen LogP contribution in [0.2, 0.25) is 0 Å². The molecule has 0 aromatic heterocycles. The number of hydrogen-bond acceptors (Lipinski definition) is 3. The van der Waals surface area contributed by atoms with Gasteiger partial charge in [0.1, 0.15) is 0 Å². The van der Waals surface area contributed by atoms with Crippen molar-refractivity contribution in [2.45, 2.75) is 12.8 Å². The van der Waals surface area contributed by atoms with Crippen LogP contribution in [0.4, 0.5) is 0 Å². The maximum Gasteiger partial charge on any atom is 0.321 e. The molecule has 1 N–H and O–H groups in total. The summed E-state index contributed by atoms with van der Waals surface area (Å²) in [6, 6.07) is 18.3.